The molecule has 0 saturated carbocycles. The van der Waals surface area contributed by atoms with Crippen LogP contribution in [-0.4, -0.2) is 17.5 Å². The van der Waals surface area contributed by atoms with Crippen molar-refractivity contribution in [2.45, 2.75) is 12.8 Å². The fourth-order valence-electron chi connectivity index (χ4n) is 1.66. The summed E-state index contributed by atoms with van der Waals surface area (Å²) in [6, 6.07) is 7.40. The average Bonchev–Trinajstić information content (AvgIpc) is 2.30. The first-order valence-corrected chi connectivity index (χ1v) is 7.25. The summed E-state index contributed by atoms with van der Waals surface area (Å²) >= 11 is 5.26. The highest BCUT2D eigenvalue weighted by molar-refractivity contribution is 9.10. The highest BCUT2D eigenvalue weighted by Gasteiger charge is 2.23. The van der Waals surface area contributed by atoms with Gasteiger partial charge in [-0.3, -0.25) is 4.79 Å². The van der Waals surface area contributed by atoms with Gasteiger partial charge in [0.15, 0.2) is 0 Å². The first kappa shape index (κ1) is 12.0. The predicted molar refractivity (Wildman–Crippen MR) is 69.8 cm³/mol. The van der Waals surface area contributed by atoms with Gasteiger partial charge >= 0.3 is 5.97 Å². The number of hydrogen-bond donors (Lipinski definition) is 0. The SMILES string of the molecule is O=C(Oc1cccc(Br)c1)C1CCSCC1. The smallest absolute Gasteiger partial charge is 0.314 e. The number of halogens is 1. The molecule has 4 heteroatoms. The molecular formula is C12H13BrO2S. The monoisotopic (exact) mass is 300 g/mol. The van der Waals surface area contributed by atoms with Gasteiger partial charge in [0.1, 0.15) is 5.75 Å². The Morgan fingerprint density at radius 2 is 2.12 bits per heavy atom. The van der Waals surface area contributed by atoms with E-state index in [1.165, 1.54) is 0 Å². The molecule has 2 nitrogen and oxygen atoms in total. The van der Waals surface area contributed by atoms with Crippen LogP contribution in [0.25, 0.3) is 0 Å². The number of carbonyl (C=O) groups is 1. The van der Waals surface area contributed by atoms with Gasteiger partial charge in [-0.2, -0.15) is 11.8 Å². The number of rotatable bonds is 2. The summed E-state index contributed by atoms with van der Waals surface area (Å²) < 4.78 is 6.28. The van der Waals surface area contributed by atoms with Gasteiger partial charge in [-0.15, -0.1) is 0 Å². The summed E-state index contributed by atoms with van der Waals surface area (Å²) in [6.07, 6.45) is 1.88. The zero-order valence-electron chi connectivity index (χ0n) is 8.82. The van der Waals surface area contributed by atoms with E-state index in [4.69, 9.17) is 4.74 Å². The molecule has 1 aliphatic rings. The zero-order chi connectivity index (χ0) is 11.4. The molecule has 16 heavy (non-hydrogen) atoms. The number of ether oxygens (including phenoxy) is 1. The lowest BCUT2D eigenvalue weighted by molar-refractivity contribution is -0.139. The second-order valence-corrected chi connectivity index (χ2v) is 5.91. The molecule has 0 aliphatic carbocycles. The van der Waals surface area contributed by atoms with Crippen LogP contribution in [0.1, 0.15) is 12.8 Å². The lowest BCUT2D eigenvalue weighted by atomic mass is 10.0. The fourth-order valence-corrected chi connectivity index (χ4v) is 3.15. The number of thioether (sulfide) groups is 1. The van der Waals surface area contributed by atoms with Crippen LogP contribution in [0.2, 0.25) is 0 Å². The molecule has 0 unspecified atom stereocenters. The standard InChI is InChI=1S/C12H13BrO2S/c13-10-2-1-3-11(8-10)15-12(14)9-4-6-16-7-5-9/h1-3,8-9H,4-7H2. The topological polar surface area (TPSA) is 26.3 Å². The van der Waals surface area contributed by atoms with E-state index in [0.717, 1.165) is 28.8 Å². The van der Waals surface area contributed by atoms with E-state index in [1.807, 2.05) is 30.0 Å². The van der Waals surface area contributed by atoms with Crippen LogP contribution in [0.4, 0.5) is 0 Å². The molecule has 0 radical (unpaired) electrons. The van der Waals surface area contributed by atoms with E-state index < -0.39 is 0 Å². The molecule has 0 spiro atoms. The molecule has 0 amide bonds. The molecule has 1 fully saturated rings. The molecule has 2 rings (SSSR count). The highest BCUT2D eigenvalue weighted by atomic mass is 79.9. The second kappa shape index (κ2) is 5.73. The van der Waals surface area contributed by atoms with Crippen molar-refractivity contribution >= 4 is 33.7 Å². The number of esters is 1. The summed E-state index contributed by atoms with van der Waals surface area (Å²) in [5, 5.41) is 0. The van der Waals surface area contributed by atoms with Gasteiger partial charge in [-0.1, -0.05) is 22.0 Å². The molecule has 86 valence electrons. The maximum atomic E-state index is 11.8. The Morgan fingerprint density at radius 3 is 2.81 bits per heavy atom. The maximum absolute atomic E-state index is 11.8. The van der Waals surface area contributed by atoms with E-state index >= 15 is 0 Å². The van der Waals surface area contributed by atoms with Crippen LogP contribution in [-0.2, 0) is 4.79 Å². The van der Waals surface area contributed by atoms with Crippen molar-refractivity contribution < 1.29 is 9.53 Å². The average molecular weight is 301 g/mol. The van der Waals surface area contributed by atoms with Crippen LogP contribution in [0, 0.1) is 5.92 Å². The van der Waals surface area contributed by atoms with Gasteiger partial charge in [0.05, 0.1) is 5.92 Å². The third-order valence-corrected chi connectivity index (χ3v) is 4.11. The Balaban J connectivity index is 1.96. The molecule has 0 bridgehead atoms. The van der Waals surface area contributed by atoms with Crippen molar-refractivity contribution in [3.63, 3.8) is 0 Å². The third-order valence-electron chi connectivity index (χ3n) is 2.57. The van der Waals surface area contributed by atoms with Crippen LogP contribution in [0.3, 0.4) is 0 Å². The van der Waals surface area contributed by atoms with Crippen molar-refractivity contribution in [2.75, 3.05) is 11.5 Å². The predicted octanol–water partition coefficient (Wildman–Crippen LogP) is 3.50. The minimum atomic E-state index is -0.0848. The number of hydrogen-bond acceptors (Lipinski definition) is 3. The van der Waals surface area contributed by atoms with E-state index in [2.05, 4.69) is 15.9 Å². The fraction of sp³-hybridized carbons (Fsp3) is 0.417. The number of carbonyl (C=O) groups excluding carboxylic acids is 1. The van der Waals surface area contributed by atoms with Gasteiger partial charge in [0.2, 0.25) is 0 Å². The van der Waals surface area contributed by atoms with Crippen molar-refractivity contribution in [1.82, 2.24) is 0 Å². The Hall–Kier alpha value is -0.480. The Morgan fingerprint density at radius 1 is 1.38 bits per heavy atom. The van der Waals surface area contributed by atoms with Crippen molar-refractivity contribution in [1.29, 1.82) is 0 Å². The Bertz CT molecular complexity index is 375. The van der Waals surface area contributed by atoms with Crippen molar-refractivity contribution in [3.8, 4) is 5.75 Å². The molecule has 1 saturated heterocycles. The molecular weight excluding hydrogens is 288 g/mol. The quantitative estimate of drug-likeness (QED) is 0.618. The van der Waals surface area contributed by atoms with Crippen molar-refractivity contribution in [3.05, 3.63) is 28.7 Å². The van der Waals surface area contributed by atoms with E-state index in [1.54, 1.807) is 6.07 Å². The summed E-state index contributed by atoms with van der Waals surface area (Å²) in [5.41, 5.74) is 0. The zero-order valence-corrected chi connectivity index (χ0v) is 11.2. The molecule has 0 N–H and O–H groups in total. The molecule has 0 atom stereocenters. The molecule has 1 aromatic rings. The normalized spacial score (nSPS) is 17.1. The minimum Gasteiger partial charge on any atom is -0.426 e. The first-order chi connectivity index (χ1) is 7.75. The maximum Gasteiger partial charge on any atom is 0.314 e. The van der Waals surface area contributed by atoms with Crippen LogP contribution < -0.4 is 4.74 Å². The van der Waals surface area contributed by atoms with Gasteiger partial charge in [-0.05, 0) is 42.5 Å². The van der Waals surface area contributed by atoms with E-state index in [9.17, 15) is 4.79 Å². The molecule has 1 heterocycles. The Kier molecular flexibility index (Phi) is 4.29. The number of benzene rings is 1. The van der Waals surface area contributed by atoms with E-state index in [-0.39, 0.29) is 11.9 Å². The first-order valence-electron chi connectivity index (χ1n) is 5.31. The van der Waals surface area contributed by atoms with Crippen LogP contribution in [0.5, 0.6) is 5.75 Å². The summed E-state index contributed by atoms with van der Waals surface area (Å²) in [7, 11) is 0. The third kappa shape index (κ3) is 3.25. The Labute approximate surface area is 108 Å². The summed E-state index contributed by atoms with van der Waals surface area (Å²) in [4.78, 5) is 11.8. The highest BCUT2D eigenvalue weighted by Crippen LogP contribution is 2.25. The van der Waals surface area contributed by atoms with Crippen LogP contribution in [0.15, 0.2) is 28.7 Å². The minimum absolute atomic E-state index is 0.0835. The lowest BCUT2D eigenvalue weighted by Gasteiger charge is -2.19. The molecule has 1 aromatic carbocycles. The largest absolute Gasteiger partial charge is 0.426 e. The van der Waals surface area contributed by atoms with E-state index in [0.29, 0.717) is 5.75 Å². The lowest BCUT2D eigenvalue weighted by Crippen LogP contribution is -2.24. The van der Waals surface area contributed by atoms with Crippen LogP contribution >= 0.6 is 27.7 Å². The molecule has 1 aliphatic heterocycles. The van der Waals surface area contributed by atoms with Crippen molar-refractivity contribution in [2.24, 2.45) is 5.92 Å². The summed E-state index contributed by atoms with van der Waals surface area (Å²) in [5.74, 6) is 2.76. The van der Waals surface area contributed by atoms with Gasteiger partial charge in [-0.25, -0.2) is 0 Å². The summed E-state index contributed by atoms with van der Waals surface area (Å²) in [6.45, 7) is 0. The van der Waals surface area contributed by atoms with Gasteiger partial charge < -0.3 is 4.74 Å². The van der Waals surface area contributed by atoms with Gasteiger partial charge in [0, 0.05) is 4.47 Å². The second-order valence-electron chi connectivity index (χ2n) is 3.77. The van der Waals surface area contributed by atoms with Gasteiger partial charge in [0.25, 0.3) is 0 Å². The molecule has 0 aromatic heterocycles.